The number of rotatable bonds is 6. The van der Waals surface area contributed by atoms with Gasteiger partial charge in [-0.1, -0.05) is 11.6 Å². The molecule has 0 radical (unpaired) electrons. The van der Waals surface area contributed by atoms with Crippen molar-refractivity contribution in [1.82, 2.24) is 19.4 Å². The van der Waals surface area contributed by atoms with Gasteiger partial charge in [-0.15, -0.1) is 0 Å². The van der Waals surface area contributed by atoms with Gasteiger partial charge in [0.15, 0.2) is 0 Å². The molecular weight excluding hydrogens is 399 g/mol. The summed E-state index contributed by atoms with van der Waals surface area (Å²) in [5.74, 6) is -1.19. The maximum absolute atomic E-state index is 13.3. The van der Waals surface area contributed by atoms with Gasteiger partial charge < -0.3 is 10.2 Å². The van der Waals surface area contributed by atoms with E-state index >= 15 is 0 Å². The molecule has 2 amide bonds. The second-order valence-electron chi connectivity index (χ2n) is 6.32. The lowest BCUT2D eigenvalue weighted by Crippen LogP contribution is -2.51. The first-order valence-corrected chi connectivity index (χ1v) is 10.1. The van der Waals surface area contributed by atoms with Gasteiger partial charge in [-0.2, -0.15) is 4.31 Å². The summed E-state index contributed by atoms with van der Waals surface area (Å²) >= 11 is 5.67. The third-order valence-corrected chi connectivity index (χ3v) is 6.35. The predicted octanol–water partition coefficient (Wildman–Crippen LogP) is -0.0102. The highest BCUT2D eigenvalue weighted by molar-refractivity contribution is 7.89. The molecule has 2 rings (SSSR count). The number of likely N-dealkylation sites (N-methyl/N-ethyl adjacent to an activating group) is 1. The van der Waals surface area contributed by atoms with Gasteiger partial charge in [0.25, 0.3) is 0 Å². The van der Waals surface area contributed by atoms with E-state index in [1.165, 1.54) is 15.3 Å². The van der Waals surface area contributed by atoms with Gasteiger partial charge in [0, 0.05) is 40.3 Å². The Bertz CT molecular complexity index is 811. The number of nitrogens with one attached hydrogen (secondary N) is 1. The first-order chi connectivity index (χ1) is 12.6. The number of carbonyl (C=O) groups is 2. The minimum atomic E-state index is -3.78. The van der Waals surface area contributed by atoms with Crippen molar-refractivity contribution in [2.75, 3.05) is 53.4 Å². The van der Waals surface area contributed by atoms with Crippen LogP contribution in [0.15, 0.2) is 23.1 Å². The van der Waals surface area contributed by atoms with Crippen molar-refractivity contribution >= 4 is 33.4 Å². The van der Waals surface area contributed by atoms with E-state index in [1.54, 1.807) is 19.0 Å². The van der Waals surface area contributed by atoms with E-state index in [-0.39, 0.29) is 47.9 Å². The van der Waals surface area contributed by atoms with Crippen LogP contribution < -0.4 is 5.32 Å². The van der Waals surface area contributed by atoms with E-state index < -0.39 is 15.8 Å². The van der Waals surface area contributed by atoms with Gasteiger partial charge in [0.05, 0.1) is 23.0 Å². The molecule has 1 heterocycles. The standard InChI is InChI=1S/C16H22ClFN4O4S/c1-20(2)16(24)10-19-15(23)11-21-5-7-22(8-6-21)27(25,26)12-3-4-14(18)13(17)9-12/h3-4,9H,5-8,10-11H2,1-2H3,(H,19,23). The number of hydrogen-bond donors (Lipinski definition) is 1. The molecule has 0 aromatic heterocycles. The molecule has 27 heavy (non-hydrogen) atoms. The molecule has 0 atom stereocenters. The number of carbonyl (C=O) groups excluding carboxylic acids is 2. The maximum atomic E-state index is 13.3. The van der Waals surface area contributed by atoms with Gasteiger partial charge in [0.2, 0.25) is 21.8 Å². The summed E-state index contributed by atoms with van der Waals surface area (Å²) in [6.07, 6.45) is 0. The molecule has 0 bridgehead atoms. The van der Waals surface area contributed by atoms with Gasteiger partial charge >= 0.3 is 0 Å². The molecule has 0 spiro atoms. The predicted molar refractivity (Wildman–Crippen MR) is 98.3 cm³/mol. The summed E-state index contributed by atoms with van der Waals surface area (Å²) in [4.78, 5) is 26.5. The molecule has 1 aromatic rings. The Labute approximate surface area is 162 Å². The van der Waals surface area contributed by atoms with Gasteiger partial charge in [-0.3, -0.25) is 14.5 Å². The van der Waals surface area contributed by atoms with Gasteiger partial charge in [-0.05, 0) is 18.2 Å². The highest BCUT2D eigenvalue weighted by Gasteiger charge is 2.29. The first-order valence-electron chi connectivity index (χ1n) is 8.25. The van der Waals surface area contributed by atoms with Crippen LogP contribution in [0.5, 0.6) is 0 Å². The normalized spacial score (nSPS) is 16.1. The summed E-state index contributed by atoms with van der Waals surface area (Å²) in [7, 11) is -0.580. The van der Waals surface area contributed by atoms with Crippen LogP contribution in [0.3, 0.4) is 0 Å². The summed E-state index contributed by atoms with van der Waals surface area (Å²) in [6.45, 7) is 1.12. The van der Waals surface area contributed by atoms with Crippen LogP contribution in [0.2, 0.25) is 5.02 Å². The molecule has 0 aliphatic carbocycles. The Morgan fingerprint density at radius 1 is 1.22 bits per heavy atom. The van der Waals surface area contributed by atoms with Crippen LogP contribution in [0.4, 0.5) is 4.39 Å². The van der Waals surface area contributed by atoms with E-state index in [9.17, 15) is 22.4 Å². The lowest BCUT2D eigenvalue weighted by molar-refractivity contribution is -0.131. The Kier molecular flexibility index (Phi) is 7.15. The third-order valence-electron chi connectivity index (χ3n) is 4.16. The number of piperazine rings is 1. The van der Waals surface area contributed by atoms with Crippen LogP contribution in [-0.2, 0) is 19.6 Å². The Balaban J connectivity index is 1.88. The lowest BCUT2D eigenvalue weighted by atomic mass is 10.3. The van der Waals surface area contributed by atoms with Crippen LogP contribution in [0, 0.1) is 5.82 Å². The highest BCUT2D eigenvalue weighted by Crippen LogP contribution is 2.23. The topological polar surface area (TPSA) is 90.0 Å². The zero-order valence-corrected chi connectivity index (χ0v) is 16.7. The van der Waals surface area contributed by atoms with Crippen molar-refractivity contribution in [2.45, 2.75) is 4.90 Å². The number of nitrogens with zero attached hydrogens (tertiary/aromatic N) is 3. The molecule has 1 aliphatic rings. The van der Waals surface area contributed by atoms with E-state index in [1.807, 2.05) is 0 Å². The van der Waals surface area contributed by atoms with Crippen molar-refractivity contribution in [3.05, 3.63) is 29.0 Å². The lowest BCUT2D eigenvalue weighted by Gasteiger charge is -2.33. The first kappa shape index (κ1) is 21.5. The number of benzene rings is 1. The SMILES string of the molecule is CN(C)C(=O)CNC(=O)CN1CCN(S(=O)(=O)c2ccc(F)c(Cl)c2)CC1. The molecule has 0 saturated carbocycles. The number of halogens is 2. The van der Waals surface area contributed by atoms with Crippen molar-refractivity contribution in [3.63, 3.8) is 0 Å². The Morgan fingerprint density at radius 3 is 2.41 bits per heavy atom. The van der Waals surface area contributed by atoms with Crippen molar-refractivity contribution in [3.8, 4) is 0 Å². The zero-order chi connectivity index (χ0) is 20.2. The van der Waals surface area contributed by atoms with Crippen molar-refractivity contribution < 1.29 is 22.4 Å². The second kappa shape index (κ2) is 8.96. The fourth-order valence-electron chi connectivity index (χ4n) is 2.51. The fourth-order valence-corrected chi connectivity index (χ4v) is 4.20. The molecule has 1 aromatic carbocycles. The van der Waals surface area contributed by atoms with Crippen LogP contribution in [0.1, 0.15) is 0 Å². The second-order valence-corrected chi connectivity index (χ2v) is 8.67. The quantitative estimate of drug-likeness (QED) is 0.699. The molecule has 1 fully saturated rings. The molecular formula is C16H22ClFN4O4S. The maximum Gasteiger partial charge on any atom is 0.243 e. The molecule has 11 heteroatoms. The largest absolute Gasteiger partial charge is 0.347 e. The number of hydrogen-bond acceptors (Lipinski definition) is 5. The molecule has 1 N–H and O–H groups in total. The van der Waals surface area contributed by atoms with Crippen LogP contribution >= 0.6 is 11.6 Å². The fraction of sp³-hybridized carbons (Fsp3) is 0.500. The molecule has 8 nitrogen and oxygen atoms in total. The smallest absolute Gasteiger partial charge is 0.243 e. The van der Waals surface area contributed by atoms with Crippen molar-refractivity contribution in [1.29, 1.82) is 0 Å². The summed E-state index contributed by atoms with van der Waals surface area (Å²) < 4.78 is 39.8. The van der Waals surface area contributed by atoms with E-state index in [0.29, 0.717) is 13.1 Å². The van der Waals surface area contributed by atoms with E-state index in [2.05, 4.69) is 5.32 Å². The van der Waals surface area contributed by atoms with Crippen molar-refractivity contribution in [2.24, 2.45) is 0 Å². The highest BCUT2D eigenvalue weighted by atomic mass is 35.5. The van der Waals surface area contributed by atoms with E-state index in [0.717, 1.165) is 12.1 Å². The molecule has 150 valence electrons. The monoisotopic (exact) mass is 420 g/mol. The average Bonchev–Trinajstić information content (AvgIpc) is 2.62. The third kappa shape index (κ3) is 5.61. The Morgan fingerprint density at radius 2 is 1.85 bits per heavy atom. The van der Waals surface area contributed by atoms with Crippen LogP contribution in [0.25, 0.3) is 0 Å². The summed E-state index contributed by atoms with van der Waals surface area (Å²) in [5.41, 5.74) is 0. The Hall–Kier alpha value is -1.75. The summed E-state index contributed by atoms with van der Waals surface area (Å²) in [6, 6.07) is 3.29. The average molecular weight is 421 g/mol. The van der Waals surface area contributed by atoms with Crippen LogP contribution in [-0.4, -0.2) is 87.7 Å². The zero-order valence-electron chi connectivity index (χ0n) is 15.1. The van der Waals surface area contributed by atoms with E-state index in [4.69, 9.17) is 11.6 Å². The number of sulfonamides is 1. The molecule has 1 aliphatic heterocycles. The molecule has 0 unspecified atom stereocenters. The molecule has 1 saturated heterocycles. The van der Waals surface area contributed by atoms with Gasteiger partial charge in [-0.25, -0.2) is 12.8 Å². The minimum Gasteiger partial charge on any atom is -0.347 e. The minimum absolute atomic E-state index is 0.0673. The summed E-state index contributed by atoms with van der Waals surface area (Å²) in [5, 5.41) is 2.28. The van der Waals surface area contributed by atoms with Gasteiger partial charge in [0.1, 0.15) is 5.82 Å². The number of amides is 2.